The van der Waals surface area contributed by atoms with Gasteiger partial charge in [0.15, 0.2) is 5.82 Å². The Morgan fingerprint density at radius 3 is 2.76 bits per heavy atom. The predicted octanol–water partition coefficient (Wildman–Crippen LogP) is 2.76. The first-order chi connectivity index (χ1) is 10.3. The fraction of sp³-hybridized carbons (Fsp3) is 0.438. The van der Waals surface area contributed by atoms with E-state index in [9.17, 15) is 0 Å². The topological polar surface area (TPSA) is 53.9 Å². The van der Waals surface area contributed by atoms with Gasteiger partial charge in [0.25, 0.3) is 0 Å². The molecule has 5 nitrogen and oxygen atoms in total. The highest BCUT2D eigenvalue weighted by molar-refractivity contribution is 5.38. The van der Waals surface area contributed by atoms with Crippen molar-refractivity contribution in [1.29, 1.82) is 0 Å². The van der Waals surface area contributed by atoms with Crippen molar-refractivity contribution in [1.82, 2.24) is 15.2 Å². The Balaban J connectivity index is 1.86. The summed E-state index contributed by atoms with van der Waals surface area (Å²) in [5.74, 6) is 1.45. The maximum atomic E-state index is 4.50. The van der Waals surface area contributed by atoms with Crippen molar-refractivity contribution in [3.8, 4) is 0 Å². The molecule has 2 aromatic rings. The Morgan fingerprint density at radius 2 is 2.00 bits per heavy atom. The second-order valence-electron chi connectivity index (χ2n) is 5.08. The van der Waals surface area contributed by atoms with E-state index in [0.29, 0.717) is 5.95 Å². The molecule has 112 valence electrons. The lowest BCUT2D eigenvalue weighted by molar-refractivity contribution is 0.740. The molecule has 0 atom stereocenters. The zero-order valence-electron chi connectivity index (χ0n) is 12.8. The van der Waals surface area contributed by atoms with Gasteiger partial charge in [-0.25, -0.2) is 0 Å². The smallest absolute Gasteiger partial charge is 0.247 e. The Hall–Kier alpha value is -2.17. The first-order valence-corrected chi connectivity index (χ1v) is 7.48. The number of nitrogens with zero attached hydrogens (tertiary/aromatic N) is 4. The summed E-state index contributed by atoms with van der Waals surface area (Å²) < 4.78 is 0. The summed E-state index contributed by atoms with van der Waals surface area (Å²) in [5, 5.41) is 11.4. The molecule has 1 aromatic carbocycles. The molecule has 0 amide bonds. The van der Waals surface area contributed by atoms with Gasteiger partial charge in [-0.3, -0.25) is 0 Å². The van der Waals surface area contributed by atoms with Gasteiger partial charge in [0.05, 0.1) is 6.20 Å². The number of unbranched alkanes of at least 4 members (excludes halogenated alkanes) is 1. The average molecular weight is 285 g/mol. The minimum Gasteiger partial charge on any atom is -0.368 e. The van der Waals surface area contributed by atoms with E-state index in [1.54, 1.807) is 6.20 Å². The first kappa shape index (κ1) is 15.2. The maximum absolute atomic E-state index is 4.50. The minimum atomic E-state index is 0.674. The molecular weight excluding hydrogens is 262 g/mol. The van der Waals surface area contributed by atoms with Crippen molar-refractivity contribution < 1.29 is 0 Å². The lowest BCUT2D eigenvalue weighted by Gasteiger charge is -2.16. The van der Waals surface area contributed by atoms with Gasteiger partial charge < -0.3 is 10.2 Å². The molecule has 0 bridgehead atoms. The van der Waals surface area contributed by atoms with Gasteiger partial charge >= 0.3 is 0 Å². The van der Waals surface area contributed by atoms with Crippen LogP contribution in [-0.4, -0.2) is 35.3 Å². The van der Waals surface area contributed by atoms with Crippen molar-refractivity contribution in [2.24, 2.45) is 0 Å². The molecule has 0 fully saturated rings. The number of aromatic nitrogens is 3. The second-order valence-corrected chi connectivity index (χ2v) is 5.08. The fourth-order valence-electron chi connectivity index (χ4n) is 2.02. The van der Waals surface area contributed by atoms with E-state index < -0.39 is 0 Å². The van der Waals surface area contributed by atoms with Crippen LogP contribution in [0.5, 0.6) is 0 Å². The van der Waals surface area contributed by atoms with E-state index in [1.807, 2.05) is 18.0 Å². The van der Waals surface area contributed by atoms with Crippen LogP contribution in [0.25, 0.3) is 0 Å². The van der Waals surface area contributed by atoms with Crippen LogP contribution in [0.15, 0.2) is 36.5 Å². The maximum Gasteiger partial charge on any atom is 0.247 e. The SMILES string of the molecule is CCCCN(C)c1nncc(NCCc2ccccc2)n1. The summed E-state index contributed by atoms with van der Waals surface area (Å²) in [7, 11) is 2.00. The van der Waals surface area contributed by atoms with Crippen molar-refractivity contribution in [2.45, 2.75) is 26.2 Å². The van der Waals surface area contributed by atoms with Crippen LogP contribution in [0.1, 0.15) is 25.3 Å². The molecule has 0 spiro atoms. The lowest BCUT2D eigenvalue weighted by Crippen LogP contribution is -2.22. The highest BCUT2D eigenvalue weighted by Crippen LogP contribution is 2.09. The Bertz CT molecular complexity index is 529. The molecule has 0 aliphatic carbocycles. The Kier molecular flexibility index (Phi) is 5.94. The monoisotopic (exact) mass is 285 g/mol. The van der Waals surface area contributed by atoms with Crippen molar-refractivity contribution in [2.75, 3.05) is 30.4 Å². The average Bonchev–Trinajstić information content (AvgIpc) is 2.54. The summed E-state index contributed by atoms with van der Waals surface area (Å²) in [6.07, 6.45) is 4.92. The summed E-state index contributed by atoms with van der Waals surface area (Å²) >= 11 is 0. The normalized spacial score (nSPS) is 10.4. The molecule has 0 aliphatic rings. The third-order valence-electron chi connectivity index (χ3n) is 3.30. The van der Waals surface area contributed by atoms with E-state index in [0.717, 1.165) is 38.2 Å². The van der Waals surface area contributed by atoms with Crippen molar-refractivity contribution in [3.63, 3.8) is 0 Å². The summed E-state index contributed by atoms with van der Waals surface area (Å²) in [4.78, 5) is 6.54. The van der Waals surface area contributed by atoms with Gasteiger partial charge in [-0.1, -0.05) is 43.7 Å². The standard InChI is InChI=1S/C16H23N5/c1-3-4-12-21(2)16-19-15(13-18-20-16)17-11-10-14-8-6-5-7-9-14/h5-9,13H,3-4,10-12H2,1-2H3,(H,17,19,20). The Morgan fingerprint density at radius 1 is 1.19 bits per heavy atom. The molecule has 0 saturated heterocycles. The number of hydrogen-bond donors (Lipinski definition) is 1. The van der Waals surface area contributed by atoms with Crippen LogP contribution in [0.2, 0.25) is 0 Å². The molecule has 0 radical (unpaired) electrons. The third-order valence-corrected chi connectivity index (χ3v) is 3.30. The molecule has 0 saturated carbocycles. The second kappa shape index (κ2) is 8.19. The number of benzene rings is 1. The van der Waals surface area contributed by atoms with Gasteiger partial charge in [0.2, 0.25) is 5.95 Å². The molecule has 1 aromatic heterocycles. The Labute approximate surface area is 126 Å². The molecule has 0 aliphatic heterocycles. The van der Waals surface area contributed by atoms with E-state index in [1.165, 1.54) is 5.56 Å². The van der Waals surface area contributed by atoms with E-state index in [4.69, 9.17) is 0 Å². The molecule has 1 heterocycles. The summed E-state index contributed by atoms with van der Waals surface area (Å²) in [6, 6.07) is 10.4. The molecule has 21 heavy (non-hydrogen) atoms. The van der Waals surface area contributed by atoms with Gasteiger partial charge in [0.1, 0.15) is 0 Å². The van der Waals surface area contributed by atoms with E-state index in [-0.39, 0.29) is 0 Å². The van der Waals surface area contributed by atoms with Gasteiger partial charge in [-0.15, -0.1) is 5.10 Å². The van der Waals surface area contributed by atoms with E-state index in [2.05, 4.69) is 51.7 Å². The largest absolute Gasteiger partial charge is 0.368 e. The van der Waals surface area contributed by atoms with Gasteiger partial charge in [-0.05, 0) is 18.4 Å². The van der Waals surface area contributed by atoms with Crippen LogP contribution < -0.4 is 10.2 Å². The summed E-state index contributed by atoms with van der Waals surface area (Å²) in [5.41, 5.74) is 1.31. The van der Waals surface area contributed by atoms with Crippen molar-refractivity contribution in [3.05, 3.63) is 42.1 Å². The fourth-order valence-corrected chi connectivity index (χ4v) is 2.02. The molecule has 1 N–H and O–H groups in total. The molecule has 0 unspecified atom stereocenters. The van der Waals surface area contributed by atoms with Crippen LogP contribution in [0.3, 0.4) is 0 Å². The quantitative estimate of drug-likeness (QED) is 0.808. The summed E-state index contributed by atoms with van der Waals surface area (Å²) in [6.45, 7) is 3.96. The first-order valence-electron chi connectivity index (χ1n) is 7.48. The number of rotatable bonds is 8. The number of nitrogens with one attached hydrogen (secondary N) is 1. The van der Waals surface area contributed by atoms with Gasteiger partial charge in [0, 0.05) is 20.1 Å². The third kappa shape index (κ3) is 5.02. The molecule has 2 rings (SSSR count). The number of hydrogen-bond acceptors (Lipinski definition) is 5. The highest BCUT2D eigenvalue weighted by atomic mass is 15.3. The van der Waals surface area contributed by atoms with Crippen molar-refractivity contribution >= 4 is 11.8 Å². The lowest BCUT2D eigenvalue weighted by atomic mass is 10.1. The van der Waals surface area contributed by atoms with Crippen LogP contribution in [0.4, 0.5) is 11.8 Å². The van der Waals surface area contributed by atoms with Crippen LogP contribution >= 0.6 is 0 Å². The predicted molar refractivity (Wildman–Crippen MR) is 86.6 cm³/mol. The zero-order valence-corrected chi connectivity index (χ0v) is 12.8. The van der Waals surface area contributed by atoms with E-state index >= 15 is 0 Å². The minimum absolute atomic E-state index is 0.674. The van der Waals surface area contributed by atoms with Crippen LogP contribution in [-0.2, 0) is 6.42 Å². The number of anilines is 2. The zero-order chi connectivity index (χ0) is 14.9. The molecule has 5 heteroatoms. The van der Waals surface area contributed by atoms with Gasteiger partial charge in [-0.2, -0.15) is 10.1 Å². The van der Waals surface area contributed by atoms with Crippen LogP contribution in [0, 0.1) is 0 Å². The highest BCUT2D eigenvalue weighted by Gasteiger charge is 2.05. The molecular formula is C16H23N5.